The molecule has 1 aliphatic rings. The van der Waals surface area contributed by atoms with E-state index in [1.54, 1.807) is 20.8 Å². The maximum Gasteiger partial charge on any atom is 0.407 e. The number of hydrogen-bond donors (Lipinski definition) is 2. The largest absolute Gasteiger partial charge is 0.481 e. The summed E-state index contributed by atoms with van der Waals surface area (Å²) >= 11 is 0. The van der Waals surface area contributed by atoms with Crippen LogP contribution < -0.4 is 5.32 Å². The normalized spacial score (nSPS) is 26.2. The predicted octanol–water partition coefficient (Wildman–Crippen LogP) is 2.44. The Balaban J connectivity index is 2.71. The zero-order valence-corrected chi connectivity index (χ0v) is 11.9. The number of azide groups is 1. The topological polar surface area (TPSA) is 124 Å². The number of ether oxygens (including phenoxy) is 1. The number of nitrogens with one attached hydrogen (secondary N) is 1. The molecular weight excluding hydrogens is 264 g/mol. The molecule has 0 aromatic carbocycles. The van der Waals surface area contributed by atoms with Crippen LogP contribution in [0.25, 0.3) is 10.4 Å². The molecule has 1 saturated carbocycles. The molecule has 20 heavy (non-hydrogen) atoms. The van der Waals surface area contributed by atoms with Crippen LogP contribution in [0.5, 0.6) is 0 Å². The van der Waals surface area contributed by atoms with E-state index in [0.29, 0.717) is 12.8 Å². The second-order valence-electron chi connectivity index (χ2n) is 5.87. The van der Waals surface area contributed by atoms with Gasteiger partial charge in [-0.15, -0.1) is 0 Å². The van der Waals surface area contributed by atoms with Crippen molar-refractivity contribution >= 4 is 12.1 Å². The first kappa shape index (κ1) is 16.1. The Kier molecular flexibility index (Phi) is 5.21. The van der Waals surface area contributed by atoms with Crippen molar-refractivity contribution in [2.45, 2.75) is 57.7 Å². The van der Waals surface area contributed by atoms with Crippen LogP contribution in [0.15, 0.2) is 5.11 Å². The Morgan fingerprint density at radius 2 is 2.05 bits per heavy atom. The lowest BCUT2D eigenvalue weighted by molar-refractivity contribution is -0.143. The van der Waals surface area contributed by atoms with Gasteiger partial charge >= 0.3 is 12.1 Å². The molecule has 0 aromatic heterocycles. The van der Waals surface area contributed by atoms with Crippen LogP contribution in [0.4, 0.5) is 4.79 Å². The van der Waals surface area contributed by atoms with Crippen LogP contribution in [0, 0.1) is 5.92 Å². The van der Waals surface area contributed by atoms with E-state index in [0.717, 1.165) is 0 Å². The highest BCUT2D eigenvalue weighted by molar-refractivity contribution is 5.71. The van der Waals surface area contributed by atoms with Gasteiger partial charge in [0.15, 0.2) is 0 Å². The molecule has 1 rings (SSSR count). The first-order chi connectivity index (χ1) is 9.23. The third-order valence-corrected chi connectivity index (χ3v) is 3.07. The van der Waals surface area contributed by atoms with Crippen molar-refractivity contribution in [2.75, 3.05) is 0 Å². The Bertz CT molecular complexity index is 426. The van der Waals surface area contributed by atoms with Gasteiger partial charge in [-0.1, -0.05) is 5.11 Å². The molecule has 3 atom stereocenters. The standard InChI is InChI=1S/C12H20N4O4/c1-12(2,3)20-11(19)14-9-6-7(10(17)18)4-5-8(9)15-16-13/h7-9H,4-6H2,1-3H3,(H,14,19)(H,17,18). The molecule has 0 aliphatic heterocycles. The lowest BCUT2D eigenvalue weighted by Crippen LogP contribution is -2.48. The maximum absolute atomic E-state index is 11.7. The molecule has 0 aromatic rings. The summed E-state index contributed by atoms with van der Waals surface area (Å²) in [6, 6.07) is -0.960. The highest BCUT2D eigenvalue weighted by Crippen LogP contribution is 2.27. The zero-order valence-electron chi connectivity index (χ0n) is 11.9. The lowest BCUT2D eigenvalue weighted by atomic mass is 9.83. The zero-order chi connectivity index (χ0) is 15.3. The molecule has 0 radical (unpaired) electrons. The number of carboxylic acids is 1. The van der Waals surface area contributed by atoms with Crippen LogP contribution in [0.2, 0.25) is 0 Å². The van der Waals surface area contributed by atoms with E-state index in [-0.39, 0.29) is 6.42 Å². The van der Waals surface area contributed by atoms with E-state index in [9.17, 15) is 9.59 Å². The number of rotatable bonds is 3. The summed E-state index contributed by atoms with van der Waals surface area (Å²) in [7, 11) is 0. The van der Waals surface area contributed by atoms with Gasteiger partial charge in [-0.05, 0) is 45.6 Å². The number of carbonyl (C=O) groups excluding carboxylic acids is 1. The number of hydrogen-bond acceptors (Lipinski definition) is 4. The Hall–Kier alpha value is -1.95. The molecule has 3 unspecified atom stereocenters. The summed E-state index contributed by atoms with van der Waals surface area (Å²) in [4.78, 5) is 25.5. The number of alkyl carbamates (subject to hydrolysis) is 1. The van der Waals surface area contributed by atoms with Crippen LogP contribution in [-0.4, -0.2) is 34.9 Å². The predicted molar refractivity (Wildman–Crippen MR) is 71.1 cm³/mol. The smallest absolute Gasteiger partial charge is 0.407 e. The van der Waals surface area contributed by atoms with Crippen molar-refractivity contribution in [3.63, 3.8) is 0 Å². The van der Waals surface area contributed by atoms with Crippen molar-refractivity contribution in [1.29, 1.82) is 0 Å². The minimum absolute atomic E-state index is 0.234. The molecule has 112 valence electrons. The van der Waals surface area contributed by atoms with E-state index in [1.165, 1.54) is 0 Å². The molecular formula is C12H20N4O4. The Morgan fingerprint density at radius 3 is 2.55 bits per heavy atom. The van der Waals surface area contributed by atoms with E-state index >= 15 is 0 Å². The maximum atomic E-state index is 11.7. The van der Waals surface area contributed by atoms with E-state index in [2.05, 4.69) is 15.3 Å². The third kappa shape index (κ3) is 4.97. The van der Waals surface area contributed by atoms with Crippen LogP contribution in [-0.2, 0) is 9.53 Å². The van der Waals surface area contributed by atoms with Gasteiger partial charge in [0.25, 0.3) is 0 Å². The quantitative estimate of drug-likeness (QED) is 0.469. The lowest BCUT2D eigenvalue weighted by Gasteiger charge is -2.33. The molecule has 8 heteroatoms. The summed E-state index contributed by atoms with van der Waals surface area (Å²) in [5.41, 5.74) is 7.89. The number of amides is 1. The van der Waals surface area contributed by atoms with Crippen molar-refractivity contribution in [3.8, 4) is 0 Å². The fraction of sp³-hybridized carbons (Fsp3) is 0.833. The molecule has 0 saturated heterocycles. The van der Waals surface area contributed by atoms with Gasteiger partial charge in [0, 0.05) is 11.0 Å². The molecule has 0 heterocycles. The van der Waals surface area contributed by atoms with Gasteiger partial charge in [0.05, 0.1) is 12.0 Å². The average molecular weight is 284 g/mol. The Morgan fingerprint density at radius 1 is 1.40 bits per heavy atom. The Labute approximate surface area is 117 Å². The molecule has 0 bridgehead atoms. The van der Waals surface area contributed by atoms with Gasteiger partial charge < -0.3 is 15.2 Å². The first-order valence-electron chi connectivity index (χ1n) is 6.49. The summed E-state index contributed by atoms with van der Waals surface area (Å²) in [5, 5.41) is 15.3. The van der Waals surface area contributed by atoms with Crippen LogP contribution in [0.1, 0.15) is 40.0 Å². The van der Waals surface area contributed by atoms with Gasteiger partial charge in [-0.3, -0.25) is 4.79 Å². The fourth-order valence-electron chi connectivity index (χ4n) is 2.20. The van der Waals surface area contributed by atoms with Gasteiger partial charge in [-0.25, -0.2) is 4.79 Å². The second-order valence-corrected chi connectivity index (χ2v) is 5.87. The highest BCUT2D eigenvalue weighted by atomic mass is 16.6. The summed E-state index contributed by atoms with van der Waals surface area (Å²) < 4.78 is 5.13. The second kappa shape index (κ2) is 6.47. The fourth-order valence-corrected chi connectivity index (χ4v) is 2.20. The molecule has 1 fully saturated rings. The first-order valence-corrected chi connectivity index (χ1v) is 6.49. The van der Waals surface area contributed by atoms with E-state index in [4.69, 9.17) is 15.4 Å². The van der Waals surface area contributed by atoms with Crippen LogP contribution >= 0.6 is 0 Å². The average Bonchev–Trinajstić information content (AvgIpc) is 2.28. The van der Waals surface area contributed by atoms with Crippen molar-refractivity contribution in [2.24, 2.45) is 11.0 Å². The van der Waals surface area contributed by atoms with Crippen molar-refractivity contribution in [3.05, 3.63) is 10.4 Å². The summed E-state index contributed by atoms with van der Waals surface area (Å²) in [6.45, 7) is 5.20. The molecule has 2 N–H and O–H groups in total. The van der Waals surface area contributed by atoms with E-state index in [1.807, 2.05) is 0 Å². The third-order valence-electron chi connectivity index (χ3n) is 3.07. The minimum atomic E-state index is -0.902. The number of aliphatic carboxylic acids is 1. The molecule has 8 nitrogen and oxygen atoms in total. The van der Waals surface area contributed by atoms with Gasteiger partial charge in [-0.2, -0.15) is 0 Å². The monoisotopic (exact) mass is 284 g/mol. The van der Waals surface area contributed by atoms with Gasteiger partial charge in [0.1, 0.15) is 5.60 Å². The minimum Gasteiger partial charge on any atom is -0.481 e. The number of nitrogens with zero attached hydrogens (tertiary/aromatic N) is 3. The molecule has 0 spiro atoms. The van der Waals surface area contributed by atoms with E-state index < -0.39 is 35.7 Å². The highest BCUT2D eigenvalue weighted by Gasteiger charge is 2.35. The van der Waals surface area contributed by atoms with Crippen LogP contribution in [0.3, 0.4) is 0 Å². The number of carbonyl (C=O) groups is 2. The SMILES string of the molecule is CC(C)(C)OC(=O)NC1CC(C(=O)O)CCC1N=[N+]=[N-]. The number of carboxylic acid groups (broad SMARTS) is 1. The van der Waals surface area contributed by atoms with Gasteiger partial charge in [0.2, 0.25) is 0 Å². The van der Waals surface area contributed by atoms with Crippen molar-refractivity contribution in [1.82, 2.24) is 5.32 Å². The summed E-state index contributed by atoms with van der Waals surface area (Å²) in [5.74, 6) is -1.44. The summed E-state index contributed by atoms with van der Waals surface area (Å²) in [6.07, 6.45) is 0.470. The molecule has 1 aliphatic carbocycles. The molecule has 1 amide bonds. The van der Waals surface area contributed by atoms with Crippen molar-refractivity contribution < 1.29 is 19.4 Å².